The molecule has 10 aromatic carbocycles. The molecular formula is C57H41N. The molecule has 58 heavy (non-hydrogen) atoms. The lowest BCUT2D eigenvalue weighted by Crippen LogP contribution is -2.26. The molecule has 0 saturated heterocycles. The summed E-state index contributed by atoms with van der Waals surface area (Å²) in [6.45, 7) is 6.50. The Bertz CT molecular complexity index is 3210. The third-order valence-electron chi connectivity index (χ3n) is 12.5. The maximum atomic E-state index is 4.20. The van der Waals surface area contributed by atoms with E-state index in [1.165, 1.54) is 105 Å². The molecule has 0 saturated carbocycles. The number of fused-ring (bicyclic) bond motifs is 5. The minimum absolute atomic E-state index is 0.230. The Hall–Kier alpha value is -7.22. The highest BCUT2D eigenvalue weighted by Crippen LogP contribution is 2.47. The number of hydrogen-bond donors (Lipinski definition) is 0. The van der Waals surface area contributed by atoms with Crippen molar-refractivity contribution in [2.75, 3.05) is 4.90 Å². The van der Waals surface area contributed by atoms with E-state index in [0.717, 1.165) is 0 Å². The van der Waals surface area contributed by atoms with Gasteiger partial charge in [-0.2, -0.15) is 0 Å². The molecule has 1 nitrogen and oxygen atoms in total. The van der Waals surface area contributed by atoms with Crippen LogP contribution < -0.4 is 4.90 Å². The number of para-hydroxylation sites is 1. The number of benzene rings is 10. The Labute approximate surface area is 339 Å². The predicted octanol–water partition coefficient (Wildman–Crippen LogP) is 15.8. The van der Waals surface area contributed by atoms with Crippen LogP contribution in [0, 0.1) is 0 Å². The first-order valence-corrected chi connectivity index (χ1v) is 20.3. The van der Waals surface area contributed by atoms with Crippen LogP contribution in [0.3, 0.4) is 0 Å². The Morgan fingerprint density at radius 2 is 0.845 bits per heavy atom. The van der Waals surface area contributed by atoms with E-state index < -0.39 is 0 Å². The summed E-state index contributed by atoms with van der Waals surface area (Å²) in [7, 11) is 0. The van der Waals surface area contributed by atoms with Crippen molar-refractivity contribution >= 4 is 54.5 Å². The van der Waals surface area contributed by atoms with Crippen molar-refractivity contribution in [1.29, 1.82) is 0 Å². The minimum Gasteiger partial charge on any atom is -0.334 e. The van der Waals surface area contributed by atoms with E-state index in [1.54, 1.807) is 0 Å². The maximum absolute atomic E-state index is 4.20. The topological polar surface area (TPSA) is 3.24 Å². The Kier molecular flexibility index (Phi) is 8.08. The lowest BCUT2D eigenvalue weighted by Gasteiger charge is -2.27. The number of rotatable bonds is 6. The highest BCUT2D eigenvalue weighted by molar-refractivity contribution is 6.22. The summed E-state index contributed by atoms with van der Waals surface area (Å²) in [5.74, 6) is 0.392. The van der Waals surface area contributed by atoms with Crippen molar-refractivity contribution < 1.29 is 0 Å². The summed E-state index contributed by atoms with van der Waals surface area (Å²) in [4.78, 5) is 2.43. The van der Waals surface area contributed by atoms with Gasteiger partial charge in [0.05, 0.1) is 6.04 Å². The first-order valence-electron chi connectivity index (χ1n) is 20.3. The van der Waals surface area contributed by atoms with Crippen molar-refractivity contribution in [2.24, 2.45) is 0 Å². The van der Waals surface area contributed by atoms with Gasteiger partial charge in [0.15, 0.2) is 0 Å². The molecule has 11 rings (SSSR count). The zero-order valence-corrected chi connectivity index (χ0v) is 32.4. The summed E-state index contributed by atoms with van der Waals surface area (Å²) in [5, 5.41) is 10.0. The van der Waals surface area contributed by atoms with Gasteiger partial charge in [-0.25, -0.2) is 0 Å². The molecule has 0 radical (unpaired) electrons. The van der Waals surface area contributed by atoms with Crippen LogP contribution in [-0.4, -0.2) is 6.04 Å². The molecule has 0 aromatic heterocycles. The quantitative estimate of drug-likeness (QED) is 0.121. The lowest BCUT2D eigenvalue weighted by atomic mass is 9.84. The lowest BCUT2D eigenvalue weighted by molar-refractivity contribution is 0.698. The predicted molar refractivity (Wildman–Crippen MR) is 249 cm³/mol. The van der Waals surface area contributed by atoms with Gasteiger partial charge in [0.2, 0.25) is 0 Å². The van der Waals surface area contributed by atoms with Crippen molar-refractivity contribution in [1.82, 2.24) is 0 Å². The fraction of sp³-hybridized carbons (Fsp3) is 0.0526. The van der Waals surface area contributed by atoms with Gasteiger partial charge in [-0.3, -0.25) is 0 Å². The van der Waals surface area contributed by atoms with E-state index in [9.17, 15) is 0 Å². The van der Waals surface area contributed by atoms with Crippen LogP contribution in [0.1, 0.15) is 18.4 Å². The van der Waals surface area contributed by atoms with Gasteiger partial charge in [-0.1, -0.05) is 177 Å². The molecule has 0 spiro atoms. The van der Waals surface area contributed by atoms with E-state index >= 15 is 0 Å². The van der Waals surface area contributed by atoms with Crippen molar-refractivity contribution in [2.45, 2.75) is 18.9 Å². The molecule has 1 aliphatic rings. The van der Waals surface area contributed by atoms with Gasteiger partial charge < -0.3 is 4.90 Å². The number of anilines is 2. The largest absolute Gasteiger partial charge is 0.334 e. The normalized spacial score (nSPS) is 15.0. The third kappa shape index (κ3) is 5.54. The first-order chi connectivity index (χ1) is 28.6. The summed E-state index contributed by atoms with van der Waals surface area (Å²) in [5.41, 5.74) is 13.7. The first kappa shape index (κ1) is 34.1. The minimum atomic E-state index is 0.230. The van der Waals surface area contributed by atoms with Gasteiger partial charge in [0, 0.05) is 17.3 Å². The molecule has 0 fully saturated rings. The van der Waals surface area contributed by atoms with Crippen molar-refractivity contribution in [3.63, 3.8) is 0 Å². The van der Waals surface area contributed by atoms with Gasteiger partial charge in [-0.15, -0.1) is 6.58 Å². The van der Waals surface area contributed by atoms with Gasteiger partial charge in [0.25, 0.3) is 0 Å². The highest BCUT2D eigenvalue weighted by atomic mass is 15.2. The van der Waals surface area contributed by atoms with Crippen LogP contribution in [0.15, 0.2) is 213 Å². The SMILES string of the molecule is C=CC1C(C)c2ccccc2N1c1ccc(-c2ccc(-c3ccc4c(-c5ccc6ccccc6c5)c5ccccc5c(-c5ccc6ccccc6c5)c4c3)cc2)cc1. The second-order valence-electron chi connectivity index (χ2n) is 15.7. The molecule has 0 N–H and O–H groups in total. The second-order valence-corrected chi connectivity index (χ2v) is 15.7. The zero-order valence-electron chi connectivity index (χ0n) is 32.4. The molecule has 1 heterocycles. The van der Waals surface area contributed by atoms with E-state index in [-0.39, 0.29) is 6.04 Å². The summed E-state index contributed by atoms with van der Waals surface area (Å²) in [6, 6.07) is 74.2. The average molecular weight is 740 g/mol. The molecule has 0 bridgehead atoms. The van der Waals surface area contributed by atoms with Gasteiger partial charge in [-0.05, 0) is 130 Å². The smallest absolute Gasteiger partial charge is 0.0586 e. The van der Waals surface area contributed by atoms with Gasteiger partial charge in [0.1, 0.15) is 0 Å². The van der Waals surface area contributed by atoms with Crippen LogP contribution in [0.4, 0.5) is 11.4 Å². The molecule has 0 amide bonds. The highest BCUT2D eigenvalue weighted by Gasteiger charge is 2.34. The molecule has 1 aliphatic heterocycles. The van der Waals surface area contributed by atoms with Crippen molar-refractivity contribution in [3.8, 4) is 44.5 Å². The standard InChI is InChI=1S/C57H41N/c1-3-54-37(2)49-16-10-11-19-55(49)58(54)48-31-28-41(29-32-48)40-20-22-42(23-21-40)45-30-33-52-53(36-45)57(47-27-25-39-13-5-7-15-44(39)35-47)51-18-9-8-17-50(51)56(52)46-26-24-38-12-4-6-14-43(38)34-46/h3-37,54H,1H2,2H3. The third-order valence-corrected chi connectivity index (χ3v) is 12.5. The van der Waals surface area contributed by atoms with Crippen LogP contribution >= 0.6 is 0 Å². The molecule has 0 aliphatic carbocycles. The molecule has 1 heteroatoms. The summed E-state index contributed by atoms with van der Waals surface area (Å²) < 4.78 is 0. The Balaban J connectivity index is 1.03. The van der Waals surface area contributed by atoms with Crippen LogP contribution in [0.5, 0.6) is 0 Å². The fourth-order valence-corrected chi connectivity index (χ4v) is 9.62. The fourth-order valence-electron chi connectivity index (χ4n) is 9.62. The maximum Gasteiger partial charge on any atom is 0.0586 e. The molecule has 274 valence electrons. The van der Waals surface area contributed by atoms with Crippen LogP contribution in [0.2, 0.25) is 0 Å². The van der Waals surface area contributed by atoms with E-state index in [4.69, 9.17) is 0 Å². The van der Waals surface area contributed by atoms with Gasteiger partial charge >= 0.3 is 0 Å². The van der Waals surface area contributed by atoms with E-state index in [2.05, 4.69) is 225 Å². The average Bonchev–Trinajstić information content (AvgIpc) is 3.58. The van der Waals surface area contributed by atoms with Crippen LogP contribution in [0.25, 0.3) is 87.6 Å². The summed E-state index contributed by atoms with van der Waals surface area (Å²) >= 11 is 0. The monoisotopic (exact) mass is 739 g/mol. The molecule has 10 aromatic rings. The molecule has 2 unspecified atom stereocenters. The molecule has 2 atom stereocenters. The Morgan fingerprint density at radius 3 is 1.45 bits per heavy atom. The van der Waals surface area contributed by atoms with E-state index in [0.29, 0.717) is 5.92 Å². The second kappa shape index (κ2) is 13.8. The summed E-state index contributed by atoms with van der Waals surface area (Å²) in [6.07, 6.45) is 2.08. The number of hydrogen-bond acceptors (Lipinski definition) is 1. The Morgan fingerprint density at radius 1 is 0.397 bits per heavy atom. The van der Waals surface area contributed by atoms with E-state index in [1.807, 2.05) is 0 Å². The number of nitrogens with zero attached hydrogens (tertiary/aromatic N) is 1. The zero-order chi connectivity index (χ0) is 38.7. The van der Waals surface area contributed by atoms with Crippen LogP contribution in [-0.2, 0) is 0 Å². The van der Waals surface area contributed by atoms with Crippen molar-refractivity contribution in [3.05, 3.63) is 218 Å². The molecular weight excluding hydrogens is 699 g/mol.